The molecule has 0 aliphatic heterocycles. The van der Waals surface area contributed by atoms with Crippen LogP contribution in [0.2, 0.25) is 0 Å². The highest BCUT2D eigenvalue weighted by atomic mass is 32.2. The number of aromatic nitrogens is 2. The summed E-state index contributed by atoms with van der Waals surface area (Å²) in [6.07, 6.45) is 1.85. The van der Waals surface area contributed by atoms with Gasteiger partial charge < -0.3 is 15.6 Å². The molecular weight excluding hydrogens is 294 g/mol. The second kappa shape index (κ2) is 6.10. The number of rotatable bonds is 6. The minimum absolute atomic E-state index is 0.0790. The molecule has 2 aromatic rings. The molecule has 114 valence electrons. The van der Waals surface area contributed by atoms with Crippen molar-refractivity contribution >= 4 is 21.4 Å². The lowest BCUT2D eigenvalue weighted by Gasteiger charge is -2.16. The fraction of sp³-hybridized carbons (Fsp3) is 0.333. The Hall–Kier alpha value is -2.13. The van der Waals surface area contributed by atoms with Gasteiger partial charge in [0, 0.05) is 27.1 Å². The molecule has 0 unspecified atom stereocenters. The number of anilines is 2. The molecule has 0 aliphatic rings. The minimum atomic E-state index is -3.57. The molecule has 0 fully saturated rings. The van der Waals surface area contributed by atoms with Crippen molar-refractivity contribution in [1.29, 1.82) is 0 Å². The van der Waals surface area contributed by atoms with Crippen LogP contribution in [0.15, 0.2) is 33.9 Å². The van der Waals surface area contributed by atoms with Gasteiger partial charge in [0.15, 0.2) is 6.33 Å². The summed E-state index contributed by atoms with van der Waals surface area (Å²) in [5, 5.41) is 6.57. The van der Waals surface area contributed by atoms with Crippen LogP contribution < -0.4 is 11.1 Å². The first kappa shape index (κ1) is 15.3. The molecule has 0 spiro atoms. The maximum atomic E-state index is 12.2. The van der Waals surface area contributed by atoms with E-state index in [2.05, 4.69) is 15.5 Å². The Morgan fingerprint density at radius 3 is 2.76 bits per heavy atom. The largest absolute Gasteiger partial charge is 0.396 e. The fourth-order valence-electron chi connectivity index (χ4n) is 1.73. The summed E-state index contributed by atoms with van der Waals surface area (Å²) in [5.41, 5.74) is 6.69. The average molecular weight is 311 g/mol. The molecule has 0 saturated heterocycles. The number of nitrogens with one attached hydrogen (secondary N) is 1. The number of nitrogens with zero attached hydrogens (tertiary/aromatic N) is 3. The monoisotopic (exact) mass is 311 g/mol. The zero-order valence-electron chi connectivity index (χ0n) is 11.8. The quantitative estimate of drug-likeness (QED) is 0.749. The van der Waals surface area contributed by atoms with Crippen molar-refractivity contribution in [2.75, 3.05) is 31.7 Å². The predicted octanol–water partition coefficient (Wildman–Crippen LogP) is 0.557. The van der Waals surface area contributed by atoms with Crippen molar-refractivity contribution in [2.45, 2.75) is 11.3 Å². The molecule has 0 atom stereocenters. The van der Waals surface area contributed by atoms with Crippen LogP contribution >= 0.6 is 0 Å². The van der Waals surface area contributed by atoms with Crippen LogP contribution in [-0.2, 0) is 16.4 Å². The molecule has 1 aromatic carbocycles. The summed E-state index contributed by atoms with van der Waals surface area (Å²) in [7, 11) is -0.645. The van der Waals surface area contributed by atoms with Crippen molar-refractivity contribution in [1.82, 2.24) is 14.4 Å². The molecule has 3 N–H and O–H groups in total. The number of hydrogen-bond acceptors (Lipinski definition) is 7. The third-order valence-electron chi connectivity index (χ3n) is 2.89. The summed E-state index contributed by atoms with van der Waals surface area (Å²) >= 11 is 0. The average Bonchev–Trinajstić information content (AvgIpc) is 2.93. The van der Waals surface area contributed by atoms with Crippen molar-refractivity contribution in [2.24, 2.45) is 0 Å². The van der Waals surface area contributed by atoms with Crippen LogP contribution in [0.1, 0.15) is 5.89 Å². The number of nitrogens with two attached hydrogens (primary N) is 1. The molecule has 9 heteroatoms. The number of benzene rings is 1. The molecule has 0 amide bonds. The molecule has 8 nitrogen and oxygen atoms in total. The van der Waals surface area contributed by atoms with Crippen molar-refractivity contribution in [3.8, 4) is 0 Å². The van der Waals surface area contributed by atoms with Crippen molar-refractivity contribution in [3.63, 3.8) is 0 Å². The lowest BCUT2D eigenvalue weighted by Crippen LogP contribution is -2.23. The van der Waals surface area contributed by atoms with Gasteiger partial charge in [0.25, 0.3) is 0 Å². The molecule has 0 saturated carbocycles. The van der Waals surface area contributed by atoms with E-state index in [-0.39, 0.29) is 10.6 Å². The highest BCUT2D eigenvalue weighted by molar-refractivity contribution is 7.89. The van der Waals surface area contributed by atoms with E-state index in [1.165, 1.54) is 26.5 Å². The van der Waals surface area contributed by atoms with Crippen molar-refractivity contribution < 1.29 is 12.9 Å². The Morgan fingerprint density at radius 1 is 1.38 bits per heavy atom. The van der Waals surface area contributed by atoms with Crippen LogP contribution in [0.3, 0.4) is 0 Å². The van der Waals surface area contributed by atoms with Crippen LogP contribution in [-0.4, -0.2) is 43.5 Å². The molecular formula is C12H17N5O3S. The maximum Gasteiger partial charge on any atom is 0.244 e. The predicted molar refractivity (Wildman–Crippen MR) is 78.2 cm³/mol. The third kappa shape index (κ3) is 3.31. The van der Waals surface area contributed by atoms with E-state index in [4.69, 9.17) is 10.3 Å². The van der Waals surface area contributed by atoms with E-state index >= 15 is 0 Å². The van der Waals surface area contributed by atoms with Gasteiger partial charge in [0.05, 0.1) is 11.4 Å². The topological polar surface area (TPSA) is 114 Å². The summed E-state index contributed by atoms with van der Waals surface area (Å²) < 4.78 is 30.3. The molecule has 2 rings (SSSR count). The van der Waals surface area contributed by atoms with Gasteiger partial charge in [-0.3, -0.25) is 0 Å². The van der Waals surface area contributed by atoms with E-state index in [1.54, 1.807) is 12.1 Å². The van der Waals surface area contributed by atoms with E-state index in [0.29, 0.717) is 24.5 Å². The maximum absolute atomic E-state index is 12.2. The Bertz CT molecular complexity index is 698. The van der Waals surface area contributed by atoms with Gasteiger partial charge in [-0.1, -0.05) is 11.2 Å². The summed E-state index contributed by atoms with van der Waals surface area (Å²) in [6, 6.07) is 4.84. The van der Waals surface area contributed by atoms with Gasteiger partial charge in [-0.2, -0.15) is 4.98 Å². The first-order valence-corrected chi connectivity index (χ1v) is 7.67. The number of para-hydroxylation sites is 1. The van der Waals surface area contributed by atoms with Gasteiger partial charge in [-0.05, 0) is 12.1 Å². The zero-order valence-corrected chi connectivity index (χ0v) is 12.6. The van der Waals surface area contributed by atoms with Crippen LogP contribution in [0.25, 0.3) is 0 Å². The second-order valence-corrected chi connectivity index (χ2v) is 6.64. The van der Waals surface area contributed by atoms with Gasteiger partial charge in [0.1, 0.15) is 4.90 Å². The number of sulfonamides is 1. The highest BCUT2D eigenvalue weighted by Crippen LogP contribution is 2.28. The first-order chi connectivity index (χ1) is 9.93. The van der Waals surface area contributed by atoms with Gasteiger partial charge >= 0.3 is 0 Å². The Morgan fingerprint density at radius 2 is 2.14 bits per heavy atom. The highest BCUT2D eigenvalue weighted by Gasteiger charge is 2.21. The summed E-state index contributed by atoms with van der Waals surface area (Å²) in [5.74, 6) is 0.498. The van der Waals surface area contributed by atoms with Gasteiger partial charge in [-0.15, -0.1) is 0 Å². The SMILES string of the molecule is CN(C)S(=O)(=O)c1cccc(NCCc2ncno2)c1N. The van der Waals surface area contributed by atoms with Crippen LogP contribution in [0, 0.1) is 0 Å². The first-order valence-electron chi connectivity index (χ1n) is 6.23. The smallest absolute Gasteiger partial charge is 0.244 e. The Kier molecular flexibility index (Phi) is 4.43. The third-order valence-corrected chi connectivity index (χ3v) is 4.76. The molecule has 21 heavy (non-hydrogen) atoms. The number of nitrogen functional groups attached to an aromatic ring is 1. The number of hydrogen-bond donors (Lipinski definition) is 2. The van der Waals surface area contributed by atoms with E-state index in [0.717, 1.165) is 4.31 Å². The normalized spacial score (nSPS) is 11.8. The standard InChI is InChI=1S/C12H17N5O3S/c1-17(2)21(18,19)10-5-3-4-9(12(10)13)14-7-6-11-15-8-16-20-11/h3-5,8,14H,6-7,13H2,1-2H3. The van der Waals surface area contributed by atoms with Crippen molar-refractivity contribution in [3.05, 3.63) is 30.4 Å². The Labute approximate surface area is 123 Å². The molecule has 1 aromatic heterocycles. The molecule has 1 heterocycles. The molecule has 0 bridgehead atoms. The van der Waals surface area contributed by atoms with E-state index in [1.807, 2.05) is 0 Å². The molecule has 0 aliphatic carbocycles. The molecule has 0 radical (unpaired) electrons. The van der Waals surface area contributed by atoms with E-state index < -0.39 is 10.0 Å². The van der Waals surface area contributed by atoms with E-state index in [9.17, 15) is 8.42 Å². The van der Waals surface area contributed by atoms with Crippen LogP contribution in [0.5, 0.6) is 0 Å². The van der Waals surface area contributed by atoms with Gasteiger partial charge in [0.2, 0.25) is 15.9 Å². The second-order valence-electron chi connectivity index (χ2n) is 4.52. The lowest BCUT2D eigenvalue weighted by molar-refractivity contribution is 0.380. The summed E-state index contributed by atoms with van der Waals surface area (Å²) in [4.78, 5) is 3.98. The minimum Gasteiger partial charge on any atom is -0.396 e. The lowest BCUT2D eigenvalue weighted by atomic mass is 10.2. The Balaban J connectivity index is 2.14. The van der Waals surface area contributed by atoms with Crippen LogP contribution in [0.4, 0.5) is 11.4 Å². The summed E-state index contributed by atoms with van der Waals surface area (Å²) in [6.45, 7) is 0.498. The fourth-order valence-corrected chi connectivity index (χ4v) is 2.76. The van der Waals surface area contributed by atoms with Gasteiger partial charge in [-0.25, -0.2) is 12.7 Å². The zero-order chi connectivity index (χ0) is 15.5.